The van der Waals surface area contributed by atoms with Gasteiger partial charge in [0.2, 0.25) is 0 Å². The van der Waals surface area contributed by atoms with Crippen LogP contribution in [0.1, 0.15) is 31.4 Å². The third kappa shape index (κ3) is 3.83. The van der Waals surface area contributed by atoms with E-state index >= 15 is 0 Å². The Hall–Kier alpha value is -0.870. The highest BCUT2D eigenvalue weighted by molar-refractivity contribution is 7.98. The molecule has 1 aromatic carbocycles. The van der Waals surface area contributed by atoms with Crippen LogP contribution in [-0.2, 0) is 13.0 Å². The van der Waals surface area contributed by atoms with Crippen molar-refractivity contribution in [1.29, 1.82) is 0 Å². The van der Waals surface area contributed by atoms with Crippen molar-refractivity contribution in [2.45, 2.75) is 45.4 Å². The van der Waals surface area contributed by atoms with Crippen molar-refractivity contribution in [2.24, 2.45) is 0 Å². The van der Waals surface area contributed by atoms with Crippen LogP contribution in [0.15, 0.2) is 12.1 Å². The molecule has 2 rings (SSSR count). The van der Waals surface area contributed by atoms with Gasteiger partial charge < -0.3 is 14.8 Å². The average molecular weight is 295 g/mol. The smallest absolute Gasteiger partial charge is 0.123 e. The summed E-state index contributed by atoms with van der Waals surface area (Å²) >= 11 is 1.89. The molecule has 4 heteroatoms. The first-order valence-electron chi connectivity index (χ1n) is 7.22. The third-order valence-corrected chi connectivity index (χ3v) is 4.34. The van der Waals surface area contributed by atoms with E-state index in [2.05, 4.69) is 37.6 Å². The first kappa shape index (κ1) is 15.5. The second-order valence-corrected chi connectivity index (χ2v) is 6.45. The van der Waals surface area contributed by atoms with Gasteiger partial charge in [-0.3, -0.25) is 0 Å². The van der Waals surface area contributed by atoms with E-state index < -0.39 is 0 Å². The number of hydrogen-bond donors (Lipinski definition) is 1. The summed E-state index contributed by atoms with van der Waals surface area (Å²) in [5, 5.41) is 3.56. The lowest BCUT2D eigenvalue weighted by Crippen LogP contribution is -2.26. The molecule has 0 bridgehead atoms. The molecule has 0 amide bonds. The SMILES string of the molecule is COc1cc2c(cc1CNC(C)CCSC)OC(C)C2. The molecule has 0 aromatic heterocycles. The number of hydrogen-bond acceptors (Lipinski definition) is 4. The fourth-order valence-electron chi connectivity index (χ4n) is 2.49. The van der Waals surface area contributed by atoms with E-state index in [1.165, 1.54) is 23.3 Å². The van der Waals surface area contributed by atoms with Crippen LogP contribution in [-0.4, -0.2) is 31.3 Å². The predicted octanol–water partition coefficient (Wildman–Crippen LogP) is 3.25. The Morgan fingerprint density at radius 1 is 1.50 bits per heavy atom. The third-order valence-electron chi connectivity index (χ3n) is 3.70. The first-order valence-corrected chi connectivity index (χ1v) is 8.62. The van der Waals surface area contributed by atoms with Crippen molar-refractivity contribution in [3.63, 3.8) is 0 Å². The highest BCUT2D eigenvalue weighted by Gasteiger charge is 2.21. The van der Waals surface area contributed by atoms with Gasteiger partial charge >= 0.3 is 0 Å². The monoisotopic (exact) mass is 295 g/mol. The molecule has 20 heavy (non-hydrogen) atoms. The molecule has 0 aliphatic carbocycles. The molecule has 1 aromatic rings. The van der Waals surface area contributed by atoms with Gasteiger partial charge in [0.05, 0.1) is 7.11 Å². The Kier molecular flexibility index (Phi) is 5.61. The van der Waals surface area contributed by atoms with Crippen molar-refractivity contribution in [1.82, 2.24) is 5.32 Å². The largest absolute Gasteiger partial charge is 0.496 e. The predicted molar refractivity (Wildman–Crippen MR) is 86.1 cm³/mol. The summed E-state index contributed by atoms with van der Waals surface area (Å²) in [7, 11) is 1.74. The van der Waals surface area contributed by atoms with Gasteiger partial charge in [-0.15, -0.1) is 0 Å². The number of nitrogens with one attached hydrogen (secondary N) is 1. The molecule has 1 aliphatic rings. The Labute approximate surface area is 126 Å². The average Bonchev–Trinajstić information content (AvgIpc) is 2.80. The molecule has 112 valence electrons. The van der Waals surface area contributed by atoms with Gasteiger partial charge in [-0.1, -0.05) is 0 Å². The van der Waals surface area contributed by atoms with Gasteiger partial charge in [-0.2, -0.15) is 11.8 Å². The van der Waals surface area contributed by atoms with Crippen LogP contribution in [0.2, 0.25) is 0 Å². The van der Waals surface area contributed by atoms with E-state index in [0.29, 0.717) is 6.04 Å². The summed E-state index contributed by atoms with van der Waals surface area (Å²) in [6.07, 6.45) is 4.58. The number of fused-ring (bicyclic) bond motifs is 1. The van der Waals surface area contributed by atoms with Crippen molar-refractivity contribution < 1.29 is 9.47 Å². The zero-order chi connectivity index (χ0) is 14.5. The van der Waals surface area contributed by atoms with Crippen LogP contribution in [0, 0.1) is 0 Å². The quantitative estimate of drug-likeness (QED) is 0.836. The van der Waals surface area contributed by atoms with Crippen molar-refractivity contribution in [3.05, 3.63) is 23.3 Å². The zero-order valence-electron chi connectivity index (χ0n) is 12.9. The van der Waals surface area contributed by atoms with Crippen LogP contribution in [0.25, 0.3) is 0 Å². The van der Waals surface area contributed by atoms with Gasteiger partial charge in [-0.05, 0) is 44.4 Å². The van der Waals surface area contributed by atoms with Gasteiger partial charge in [0, 0.05) is 30.1 Å². The Bertz CT molecular complexity index is 450. The lowest BCUT2D eigenvalue weighted by molar-refractivity contribution is 0.254. The van der Waals surface area contributed by atoms with E-state index in [1.807, 2.05) is 11.8 Å². The number of methoxy groups -OCH3 is 1. The van der Waals surface area contributed by atoms with Gasteiger partial charge in [0.15, 0.2) is 0 Å². The maximum absolute atomic E-state index is 5.83. The molecule has 1 aliphatic heterocycles. The molecule has 2 unspecified atom stereocenters. The van der Waals surface area contributed by atoms with Crippen LogP contribution in [0.3, 0.4) is 0 Å². The topological polar surface area (TPSA) is 30.5 Å². The van der Waals surface area contributed by atoms with Crippen molar-refractivity contribution >= 4 is 11.8 Å². The number of benzene rings is 1. The number of ether oxygens (including phenoxy) is 2. The highest BCUT2D eigenvalue weighted by Crippen LogP contribution is 2.34. The van der Waals surface area contributed by atoms with Crippen LogP contribution < -0.4 is 14.8 Å². The fraction of sp³-hybridized carbons (Fsp3) is 0.625. The van der Waals surface area contributed by atoms with Gasteiger partial charge in [-0.25, -0.2) is 0 Å². The summed E-state index contributed by atoms with van der Waals surface area (Å²) < 4.78 is 11.4. The maximum Gasteiger partial charge on any atom is 0.123 e. The van der Waals surface area contributed by atoms with E-state index in [4.69, 9.17) is 9.47 Å². The normalized spacial score (nSPS) is 18.5. The minimum absolute atomic E-state index is 0.276. The van der Waals surface area contributed by atoms with Gasteiger partial charge in [0.25, 0.3) is 0 Å². The minimum Gasteiger partial charge on any atom is -0.496 e. The van der Waals surface area contributed by atoms with Crippen molar-refractivity contribution in [3.8, 4) is 11.5 Å². The summed E-state index contributed by atoms with van der Waals surface area (Å²) in [5.74, 6) is 3.17. The number of rotatable bonds is 7. The Balaban J connectivity index is 2.02. The lowest BCUT2D eigenvalue weighted by Gasteiger charge is -2.16. The maximum atomic E-state index is 5.83. The lowest BCUT2D eigenvalue weighted by atomic mass is 10.1. The van der Waals surface area contributed by atoms with E-state index in [1.54, 1.807) is 7.11 Å². The molecular formula is C16H25NO2S. The summed E-state index contributed by atoms with van der Waals surface area (Å²) in [6.45, 7) is 5.16. The molecule has 0 saturated carbocycles. The van der Waals surface area contributed by atoms with E-state index in [-0.39, 0.29) is 6.10 Å². The summed E-state index contributed by atoms with van der Waals surface area (Å²) in [5.41, 5.74) is 2.44. The Morgan fingerprint density at radius 3 is 3.00 bits per heavy atom. The van der Waals surface area contributed by atoms with Crippen LogP contribution in [0.5, 0.6) is 11.5 Å². The molecule has 3 nitrogen and oxygen atoms in total. The number of thioether (sulfide) groups is 1. The molecule has 0 fully saturated rings. The van der Waals surface area contributed by atoms with E-state index in [9.17, 15) is 0 Å². The standard InChI is InChI=1S/C16H25NO2S/c1-11(5-6-20-4)17-10-14-9-16-13(7-12(2)19-16)8-15(14)18-3/h8-9,11-12,17H,5-7,10H2,1-4H3. The molecule has 2 atom stereocenters. The molecule has 1 N–H and O–H groups in total. The molecule has 1 heterocycles. The summed E-state index contributed by atoms with van der Waals surface area (Å²) in [6, 6.07) is 4.77. The second-order valence-electron chi connectivity index (χ2n) is 5.47. The molecule has 0 saturated heterocycles. The van der Waals surface area contributed by atoms with Crippen molar-refractivity contribution in [2.75, 3.05) is 19.1 Å². The van der Waals surface area contributed by atoms with E-state index in [0.717, 1.165) is 24.5 Å². The summed E-state index contributed by atoms with van der Waals surface area (Å²) in [4.78, 5) is 0. The van der Waals surface area contributed by atoms with Gasteiger partial charge in [0.1, 0.15) is 17.6 Å². The van der Waals surface area contributed by atoms with Crippen LogP contribution >= 0.6 is 11.8 Å². The Morgan fingerprint density at radius 2 is 2.30 bits per heavy atom. The first-order chi connectivity index (χ1) is 9.63. The highest BCUT2D eigenvalue weighted by atomic mass is 32.2. The molecule has 0 radical (unpaired) electrons. The molecule has 0 spiro atoms. The zero-order valence-corrected chi connectivity index (χ0v) is 13.7. The van der Waals surface area contributed by atoms with Crippen LogP contribution in [0.4, 0.5) is 0 Å². The molecular weight excluding hydrogens is 270 g/mol. The minimum atomic E-state index is 0.276. The fourth-order valence-corrected chi connectivity index (χ4v) is 3.08. The second kappa shape index (κ2) is 7.23.